The van der Waals surface area contributed by atoms with Crippen molar-refractivity contribution in [3.8, 4) is 0 Å². The standard InChI is InChI=1S/C7H7BrN2O2/c8-5-1-3-10(6(5)11)7-9-2-4-12-7/h2,4-5H,1,3H2. The van der Waals surface area contributed by atoms with Gasteiger partial charge in [0.15, 0.2) is 0 Å². The SMILES string of the molecule is O=C1C(Br)CCN1c1ncco1. The maximum Gasteiger partial charge on any atom is 0.304 e. The van der Waals surface area contributed by atoms with E-state index in [1.165, 1.54) is 12.5 Å². The Morgan fingerprint density at radius 2 is 2.58 bits per heavy atom. The Labute approximate surface area is 77.7 Å². The van der Waals surface area contributed by atoms with Gasteiger partial charge in [0, 0.05) is 6.54 Å². The lowest BCUT2D eigenvalue weighted by Crippen LogP contribution is -2.27. The second-order valence-corrected chi connectivity index (χ2v) is 3.67. The monoisotopic (exact) mass is 230 g/mol. The number of amides is 1. The van der Waals surface area contributed by atoms with Crippen LogP contribution in [0.4, 0.5) is 6.01 Å². The lowest BCUT2D eigenvalue weighted by molar-refractivity contribution is -0.116. The van der Waals surface area contributed by atoms with Gasteiger partial charge in [0.25, 0.3) is 0 Å². The van der Waals surface area contributed by atoms with Gasteiger partial charge in [0.05, 0.1) is 11.0 Å². The smallest absolute Gasteiger partial charge is 0.304 e. The number of rotatable bonds is 1. The largest absolute Gasteiger partial charge is 0.432 e. The van der Waals surface area contributed by atoms with E-state index in [0.29, 0.717) is 12.6 Å². The topological polar surface area (TPSA) is 46.3 Å². The number of aromatic nitrogens is 1. The van der Waals surface area contributed by atoms with E-state index in [-0.39, 0.29) is 10.7 Å². The van der Waals surface area contributed by atoms with E-state index in [9.17, 15) is 4.79 Å². The van der Waals surface area contributed by atoms with E-state index >= 15 is 0 Å². The van der Waals surface area contributed by atoms with Crippen molar-refractivity contribution in [1.29, 1.82) is 0 Å². The Bertz CT molecular complexity index is 286. The number of carbonyl (C=O) groups is 1. The summed E-state index contributed by atoms with van der Waals surface area (Å²) in [5.41, 5.74) is 0. The summed E-state index contributed by atoms with van der Waals surface area (Å²) in [4.78, 5) is 16.7. The molecule has 2 heterocycles. The number of halogens is 1. The van der Waals surface area contributed by atoms with Crippen molar-refractivity contribution >= 4 is 27.9 Å². The van der Waals surface area contributed by atoms with Gasteiger partial charge in [-0.25, -0.2) is 4.98 Å². The summed E-state index contributed by atoms with van der Waals surface area (Å²) >= 11 is 3.27. The average molecular weight is 231 g/mol. The molecule has 1 fully saturated rings. The van der Waals surface area contributed by atoms with Crippen LogP contribution < -0.4 is 4.90 Å². The first-order chi connectivity index (χ1) is 5.79. The molecule has 1 aromatic rings. The van der Waals surface area contributed by atoms with Crippen LogP contribution in [0.15, 0.2) is 16.9 Å². The number of hydrogen-bond donors (Lipinski definition) is 0. The Kier molecular flexibility index (Phi) is 1.88. The van der Waals surface area contributed by atoms with Crippen LogP contribution in [-0.4, -0.2) is 22.3 Å². The molecular weight excluding hydrogens is 224 g/mol. The van der Waals surface area contributed by atoms with Gasteiger partial charge in [-0.15, -0.1) is 0 Å². The highest BCUT2D eigenvalue weighted by molar-refractivity contribution is 9.10. The predicted molar refractivity (Wildman–Crippen MR) is 46.2 cm³/mol. The van der Waals surface area contributed by atoms with Crippen molar-refractivity contribution in [1.82, 2.24) is 4.98 Å². The minimum Gasteiger partial charge on any atom is -0.432 e. The fourth-order valence-electron chi connectivity index (χ4n) is 1.18. The molecule has 1 saturated heterocycles. The third kappa shape index (κ3) is 1.14. The highest BCUT2D eigenvalue weighted by Crippen LogP contribution is 2.23. The minimum atomic E-state index is -0.0793. The lowest BCUT2D eigenvalue weighted by atomic mass is 10.4. The first-order valence-electron chi connectivity index (χ1n) is 3.64. The Balaban J connectivity index is 2.22. The molecule has 1 aromatic heterocycles. The highest BCUT2D eigenvalue weighted by atomic mass is 79.9. The first-order valence-corrected chi connectivity index (χ1v) is 4.55. The molecule has 1 aliphatic heterocycles. The van der Waals surface area contributed by atoms with Crippen LogP contribution in [-0.2, 0) is 4.79 Å². The van der Waals surface area contributed by atoms with Crippen molar-refractivity contribution in [2.75, 3.05) is 11.4 Å². The minimum absolute atomic E-state index is 0.0254. The van der Waals surface area contributed by atoms with Crippen LogP contribution in [0, 0.1) is 0 Å². The van der Waals surface area contributed by atoms with E-state index in [4.69, 9.17) is 4.42 Å². The van der Waals surface area contributed by atoms with Crippen LogP contribution in [0.1, 0.15) is 6.42 Å². The zero-order chi connectivity index (χ0) is 8.55. The van der Waals surface area contributed by atoms with E-state index in [2.05, 4.69) is 20.9 Å². The number of carbonyl (C=O) groups excluding carboxylic acids is 1. The van der Waals surface area contributed by atoms with Gasteiger partial charge in [0.1, 0.15) is 6.26 Å². The summed E-state index contributed by atoms with van der Waals surface area (Å²) in [7, 11) is 0. The Morgan fingerprint density at radius 1 is 1.75 bits per heavy atom. The van der Waals surface area contributed by atoms with E-state index in [1.807, 2.05) is 0 Å². The molecule has 0 bridgehead atoms. The van der Waals surface area contributed by atoms with Gasteiger partial charge in [-0.05, 0) is 6.42 Å². The molecule has 0 aromatic carbocycles. The van der Waals surface area contributed by atoms with E-state index in [0.717, 1.165) is 6.42 Å². The van der Waals surface area contributed by atoms with Crippen LogP contribution in [0.25, 0.3) is 0 Å². The molecule has 0 aliphatic carbocycles. The fourth-order valence-corrected chi connectivity index (χ4v) is 1.64. The molecule has 1 unspecified atom stereocenters. The van der Waals surface area contributed by atoms with Crippen molar-refractivity contribution in [3.63, 3.8) is 0 Å². The lowest BCUT2D eigenvalue weighted by Gasteiger charge is -2.08. The molecule has 4 nitrogen and oxygen atoms in total. The van der Waals surface area contributed by atoms with Crippen LogP contribution in [0.3, 0.4) is 0 Å². The van der Waals surface area contributed by atoms with Gasteiger partial charge in [-0.2, -0.15) is 0 Å². The molecule has 64 valence electrons. The molecule has 0 spiro atoms. The van der Waals surface area contributed by atoms with Crippen LogP contribution in [0.2, 0.25) is 0 Å². The molecule has 1 atom stereocenters. The maximum atomic E-state index is 11.4. The molecule has 0 N–H and O–H groups in total. The van der Waals surface area contributed by atoms with Crippen molar-refractivity contribution in [3.05, 3.63) is 12.5 Å². The normalized spacial score (nSPS) is 23.6. The third-order valence-electron chi connectivity index (χ3n) is 1.79. The van der Waals surface area contributed by atoms with E-state index in [1.54, 1.807) is 4.90 Å². The van der Waals surface area contributed by atoms with Gasteiger partial charge >= 0.3 is 6.01 Å². The number of alkyl halides is 1. The molecule has 1 aliphatic rings. The average Bonchev–Trinajstić information content (AvgIpc) is 2.64. The molecular formula is C7H7BrN2O2. The van der Waals surface area contributed by atoms with Gasteiger partial charge < -0.3 is 4.42 Å². The zero-order valence-corrected chi connectivity index (χ0v) is 7.82. The van der Waals surface area contributed by atoms with Crippen molar-refractivity contribution < 1.29 is 9.21 Å². The fraction of sp³-hybridized carbons (Fsp3) is 0.429. The number of nitrogens with zero attached hydrogens (tertiary/aromatic N) is 2. The van der Waals surface area contributed by atoms with Crippen LogP contribution >= 0.6 is 15.9 Å². The summed E-state index contributed by atoms with van der Waals surface area (Å²) < 4.78 is 5.01. The quantitative estimate of drug-likeness (QED) is 0.681. The highest BCUT2D eigenvalue weighted by Gasteiger charge is 2.32. The molecule has 12 heavy (non-hydrogen) atoms. The third-order valence-corrected chi connectivity index (χ3v) is 2.64. The molecule has 1 amide bonds. The van der Waals surface area contributed by atoms with E-state index < -0.39 is 0 Å². The van der Waals surface area contributed by atoms with Gasteiger partial charge in [-0.3, -0.25) is 9.69 Å². The van der Waals surface area contributed by atoms with Crippen molar-refractivity contribution in [2.45, 2.75) is 11.2 Å². The first kappa shape index (κ1) is 7.79. The Hall–Kier alpha value is -0.840. The molecule has 5 heteroatoms. The summed E-state index contributed by atoms with van der Waals surface area (Å²) in [6, 6.07) is 0.391. The van der Waals surface area contributed by atoms with Gasteiger partial charge in [0.2, 0.25) is 5.91 Å². The molecule has 2 rings (SSSR count). The molecule has 0 radical (unpaired) electrons. The Morgan fingerprint density at radius 3 is 3.08 bits per heavy atom. The summed E-state index contributed by atoms with van der Waals surface area (Å²) in [6.45, 7) is 0.676. The summed E-state index contributed by atoms with van der Waals surface area (Å²) in [5, 5.41) is 0. The number of anilines is 1. The van der Waals surface area contributed by atoms with Crippen molar-refractivity contribution in [2.24, 2.45) is 0 Å². The van der Waals surface area contributed by atoms with Gasteiger partial charge in [-0.1, -0.05) is 15.9 Å². The number of hydrogen-bond acceptors (Lipinski definition) is 3. The second-order valence-electron chi connectivity index (χ2n) is 2.56. The molecule has 0 saturated carbocycles. The summed E-state index contributed by atoms with van der Waals surface area (Å²) in [5.74, 6) is 0.0254. The summed E-state index contributed by atoms with van der Waals surface area (Å²) in [6.07, 6.45) is 3.80. The number of oxazole rings is 1. The maximum absolute atomic E-state index is 11.4. The van der Waals surface area contributed by atoms with Crippen LogP contribution in [0.5, 0.6) is 0 Å². The zero-order valence-electron chi connectivity index (χ0n) is 6.24. The second kappa shape index (κ2) is 2.90. The predicted octanol–water partition coefficient (Wildman–Crippen LogP) is 1.17.